The summed E-state index contributed by atoms with van der Waals surface area (Å²) in [7, 11) is 0. The molecule has 0 saturated carbocycles. The Labute approximate surface area is 134 Å². The lowest BCUT2D eigenvalue weighted by atomic mass is 10.1. The van der Waals surface area contributed by atoms with Gasteiger partial charge in [-0.2, -0.15) is 0 Å². The number of aryl methyl sites for hydroxylation is 1. The maximum Gasteiger partial charge on any atom is 0.315 e. The molecular formula is C16H21N3O2S. The van der Waals surface area contributed by atoms with E-state index in [9.17, 15) is 9.90 Å². The molecule has 1 aromatic carbocycles. The second-order valence-corrected chi connectivity index (χ2v) is 5.94. The third-order valence-corrected chi connectivity index (χ3v) is 4.19. The highest BCUT2D eigenvalue weighted by Gasteiger charge is 2.08. The average molecular weight is 319 g/mol. The van der Waals surface area contributed by atoms with E-state index in [2.05, 4.69) is 22.5 Å². The highest BCUT2D eigenvalue weighted by molar-refractivity contribution is 7.09. The molecule has 0 saturated heterocycles. The number of urea groups is 1. The van der Waals surface area contributed by atoms with Crippen LogP contribution in [0.2, 0.25) is 0 Å². The highest BCUT2D eigenvalue weighted by atomic mass is 32.1. The number of hydrogen-bond donors (Lipinski definition) is 3. The van der Waals surface area contributed by atoms with E-state index < -0.39 is 6.10 Å². The number of nitrogens with one attached hydrogen (secondary N) is 2. The molecule has 3 N–H and O–H groups in total. The van der Waals surface area contributed by atoms with Crippen molar-refractivity contribution < 1.29 is 9.90 Å². The first-order chi connectivity index (χ1) is 10.7. The molecule has 118 valence electrons. The van der Waals surface area contributed by atoms with Crippen LogP contribution in [-0.4, -0.2) is 28.8 Å². The van der Waals surface area contributed by atoms with Gasteiger partial charge in [-0.3, -0.25) is 0 Å². The van der Waals surface area contributed by atoms with Gasteiger partial charge in [0, 0.05) is 18.3 Å². The Hall–Kier alpha value is -1.92. The van der Waals surface area contributed by atoms with E-state index in [1.165, 1.54) is 0 Å². The molecule has 1 unspecified atom stereocenters. The lowest BCUT2D eigenvalue weighted by molar-refractivity contribution is 0.170. The summed E-state index contributed by atoms with van der Waals surface area (Å²) in [5.74, 6) is 0. The largest absolute Gasteiger partial charge is 0.391 e. The third kappa shape index (κ3) is 5.46. The number of rotatable bonds is 7. The van der Waals surface area contributed by atoms with Gasteiger partial charge in [-0.1, -0.05) is 37.3 Å². The molecule has 1 aromatic heterocycles. The van der Waals surface area contributed by atoms with Crippen LogP contribution in [0, 0.1) is 0 Å². The van der Waals surface area contributed by atoms with Crippen molar-refractivity contribution in [1.82, 2.24) is 15.6 Å². The summed E-state index contributed by atoms with van der Waals surface area (Å²) in [4.78, 5) is 16.1. The maximum absolute atomic E-state index is 11.7. The summed E-state index contributed by atoms with van der Waals surface area (Å²) in [5.41, 5.74) is 1.91. The molecule has 2 rings (SSSR count). The molecule has 0 spiro atoms. The molecule has 1 heterocycles. The van der Waals surface area contributed by atoms with Crippen molar-refractivity contribution in [2.24, 2.45) is 0 Å². The smallest absolute Gasteiger partial charge is 0.315 e. The average Bonchev–Trinajstić information content (AvgIpc) is 3.00. The van der Waals surface area contributed by atoms with Crippen LogP contribution in [0.4, 0.5) is 4.79 Å². The number of benzene rings is 1. The van der Waals surface area contributed by atoms with Gasteiger partial charge in [0.25, 0.3) is 0 Å². The Morgan fingerprint density at radius 2 is 2.09 bits per heavy atom. The summed E-state index contributed by atoms with van der Waals surface area (Å²) in [5, 5.41) is 18.3. The standard InChI is InChI=1S/C16H21N3O2S/c1-2-15-19-13(11-22-15)9-17-16(21)18-10-14(20)8-12-6-4-3-5-7-12/h3-7,11,14,20H,2,8-10H2,1H3,(H2,17,18,21). The van der Waals surface area contributed by atoms with Gasteiger partial charge in [-0.05, 0) is 12.0 Å². The van der Waals surface area contributed by atoms with Gasteiger partial charge < -0.3 is 15.7 Å². The Morgan fingerprint density at radius 3 is 2.77 bits per heavy atom. The predicted molar refractivity (Wildman–Crippen MR) is 87.9 cm³/mol. The van der Waals surface area contributed by atoms with Crippen molar-refractivity contribution in [3.05, 3.63) is 52.0 Å². The van der Waals surface area contributed by atoms with Gasteiger partial charge in [0.1, 0.15) is 0 Å². The van der Waals surface area contributed by atoms with Crippen LogP contribution >= 0.6 is 11.3 Å². The van der Waals surface area contributed by atoms with Crippen LogP contribution in [0.15, 0.2) is 35.7 Å². The zero-order valence-corrected chi connectivity index (χ0v) is 13.4. The summed E-state index contributed by atoms with van der Waals surface area (Å²) >= 11 is 1.60. The molecule has 5 nitrogen and oxygen atoms in total. The minimum atomic E-state index is -0.598. The number of amides is 2. The minimum Gasteiger partial charge on any atom is -0.391 e. The molecule has 0 fully saturated rings. The topological polar surface area (TPSA) is 74.2 Å². The molecule has 0 radical (unpaired) electrons. The van der Waals surface area contributed by atoms with Crippen molar-refractivity contribution >= 4 is 17.4 Å². The number of hydrogen-bond acceptors (Lipinski definition) is 4. The molecule has 0 aliphatic rings. The summed E-state index contributed by atoms with van der Waals surface area (Å²) in [6, 6.07) is 9.41. The van der Waals surface area contributed by atoms with Crippen LogP contribution in [-0.2, 0) is 19.4 Å². The molecule has 2 amide bonds. The van der Waals surface area contributed by atoms with E-state index in [0.29, 0.717) is 13.0 Å². The molecule has 0 bridgehead atoms. The number of aliphatic hydroxyl groups excluding tert-OH is 1. The van der Waals surface area contributed by atoms with Gasteiger partial charge in [-0.15, -0.1) is 11.3 Å². The highest BCUT2D eigenvalue weighted by Crippen LogP contribution is 2.09. The first-order valence-corrected chi connectivity index (χ1v) is 8.22. The third-order valence-electron chi connectivity index (χ3n) is 3.14. The summed E-state index contributed by atoms with van der Waals surface area (Å²) < 4.78 is 0. The lowest BCUT2D eigenvalue weighted by Gasteiger charge is -2.12. The summed E-state index contributed by atoms with van der Waals surface area (Å²) in [6.45, 7) is 2.67. The first kappa shape index (κ1) is 16.5. The van der Waals surface area contributed by atoms with E-state index in [1.807, 2.05) is 35.7 Å². The molecular weight excluding hydrogens is 298 g/mol. The maximum atomic E-state index is 11.7. The van der Waals surface area contributed by atoms with E-state index in [-0.39, 0.29) is 12.6 Å². The first-order valence-electron chi connectivity index (χ1n) is 7.34. The molecule has 0 aliphatic carbocycles. The predicted octanol–water partition coefficient (Wildman–Crippen LogP) is 2.11. The van der Waals surface area contributed by atoms with E-state index in [4.69, 9.17) is 0 Å². The van der Waals surface area contributed by atoms with Gasteiger partial charge in [0.15, 0.2) is 0 Å². The molecule has 0 aliphatic heterocycles. The Morgan fingerprint density at radius 1 is 1.32 bits per heavy atom. The fourth-order valence-corrected chi connectivity index (χ4v) is 2.74. The lowest BCUT2D eigenvalue weighted by Crippen LogP contribution is -2.40. The fraction of sp³-hybridized carbons (Fsp3) is 0.375. The second kappa shape index (κ2) is 8.51. The minimum absolute atomic E-state index is 0.220. The van der Waals surface area contributed by atoms with Crippen LogP contribution in [0.1, 0.15) is 23.2 Å². The van der Waals surface area contributed by atoms with Crippen molar-refractivity contribution in [2.75, 3.05) is 6.54 Å². The zero-order valence-electron chi connectivity index (χ0n) is 12.6. The Kier molecular flexibility index (Phi) is 6.36. The van der Waals surface area contributed by atoms with Crippen molar-refractivity contribution in [3.63, 3.8) is 0 Å². The SMILES string of the molecule is CCc1nc(CNC(=O)NCC(O)Cc2ccccc2)cs1. The van der Waals surface area contributed by atoms with Crippen LogP contribution in [0.3, 0.4) is 0 Å². The molecule has 6 heteroatoms. The van der Waals surface area contributed by atoms with Gasteiger partial charge in [0.05, 0.1) is 23.4 Å². The normalized spacial score (nSPS) is 11.9. The van der Waals surface area contributed by atoms with Crippen LogP contribution in [0.25, 0.3) is 0 Å². The van der Waals surface area contributed by atoms with Crippen molar-refractivity contribution in [1.29, 1.82) is 0 Å². The van der Waals surface area contributed by atoms with E-state index >= 15 is 0 Å². The van der Waals surface area contributed by atoms with Crippen LogP contribution in [0.5, 0.6) is 0 Å². The fourth-order valence-electron chi connectivity index (χ4n) is 1.99. The number of aliphatic hydroxyl groups is 1. The van der Waals surface area contributed by atoms with Gasteiger partial charge >= 0.3 is 6.03 Å². The second-order valence-electron chi connectivity index (χ2n) is 4.99. The quantitative estimate of drug-likeness (QED) is 0.732. The number of carbonyl (C=O) groups is 1. The summed E-state index contributed by atoms with van der Waals surface area (Å²) in [6.07, 6.45) is 0.828. The van der Waals surface area contributed by atoms with Gasteiger partial charge in [-0.25, -0.2) is 9.78 Å². The molecule has 22 heavy (non-hydrogen) atoms. The van der Waals surface area contributed by atoms with E-state index in [1.54, 1.807) is 11.3 Å². The van der Waals surface area contributed by atoms with Crippen LogP contribution < -0.4 is 10.6 Å². The van der Waals surface area contributed by atoms with Crippen molar-refractivity contribution in [2.45, 2.75) is 32.4 Å². The van der Waals surface area contributed by atoms with Crippen molar-refractivity contribution in [3.8, 4) is 0 Å². The number of aromatic nitrogens is 1. The molecule has 2 aromatic rings. The monoisotopic (exact) mass is 319 g/mol. The molecule has 1 atom stereocenters. The van der Waals surface area contributed by atoms with E-state index in [0.717, 1.165) is 22.7 Å². The Balaban J connectivity index is 1.66. The van der Waals surface area contributed by atoms with Gasteiger partial charge in [0.2, 0.25) is 0 Å². The zero-order chi connectivity index (χ0) is 15.8. The number of carbonyl (C=O) groups excluding carboxylic acids is 1. The number of nitrogens with zero attached hydrogens (tertiary/aromatic N) is 1. The number of thiazole rings is 1. The Bertz CT molecular complexity index is 586.